The Morgan fingerprint density at radius 2 is 2.33 bits per heavy atom. The fraction of sp³-hybridized carbons (Fsp3) is 0.111. The van der Waals surface area contributed by atoms with Crippen molar-refractivity contribution in [2.45, 2.75) is 6.92 Å². The van der Waals surface area contributed by atoms with Crippen LogP contribution < -0.4 is 5.73 Å². The van der Waals surface area contributed by atoms with Gasteiger partial charge in [-0.05, 0) is 13.0 Å². The molecule has 2 rings (SSSR count). The van der Waals surface area contributed by atoms with Crippen LogP contribution in [-0.2, 0) is 0 Å². The van der Waals surface area contributed by atoms with Crippen LogP contribution in [0.5, 0.6) is 5.75 Å². The number of hydrogen-bond acceptors (Lipinski definition) is 4. The molecule has 0 radical (unpaired) electrons. The predicted octanol–water partition coefficient (Wildman–Crippen LogP) is 2.06. The first-order valence-electron chi connectivity index (χ1n) is 4.09. The Bertz CT molecular complexity index is 565. The van der Waals surface area contributed by atoms with Gasteiger partial charge in [-0.2, -0.15) is 0 Å². The Labute approximate surface area is 94.3 Å². The minimum Gasteiger partial charge on any atom is -0.506 e. The molecule has 4 nitrogen and oxygen atoms in total. The molecular formula is C9H7ClN2O2S. The number of carbonyl (C=O) groups excluding carboxylic acids is 1. The number of halogens is 1. The number of primary amides is 1. The second-order valence-corrected chi connectivity index (χ2v) is 4.65. The van der Waals surface area contributed by atoms with Crippen molar-refractivity contribution >= 4 is 39.1 Å². The van der Waals surface area contributed by atoms with Crippen LogP contribution >= 0.6 is 22.9 Å². The minimum absolute atomic E-state index is 0.0328. The number of aromatic nitrogens is 1. The highest BCUT2D eigenvalue weighted by Gasteiger charge is 2.15. The third-order valence-corrected chi connectivity index (χ3v) is 3.30. The number of nitrogens with two attached hydrogens (primary N) is 1. The van der Waals surface area contributed by atoms with Gasteiger partial charge >= 0.3 is 0 Å². The van der Waals surface area contributed by atoms with E-state index in [4.69, 9.17) is 17.3 Å². The van der Waals surface area contributed by atoms with Gasteiger partial charge in [-0.1, -0.05) is 11.6 Å². The highest BCUT2D eigenvalue weighted by molar-refractivity contribution is 7.19. The summed E-state index contributed by atoms with van der Waals surface area (Å²) in [5.41, 5.74) is 5.14. The Hall–Kier alpha value is -1.33. The lowest BCUT2D eigenvalue weighted by Gasteiger charge is -1.98. The normalized spacial score (nSPS) is 10.8. The molecular weight excluding hydrogens is 236 g/mol. The predicted molar refractivity (Wildman–Crippen MR) is 59.5 cm³/mol. The largest absolute Gasteiger partial charge is 0.506 e. The first-order chi connectivity index (χ1) is 7.00. The van der Waals surface area contributed by atoms with Crippen molar-refractivity contribution < 1.29 is 9.90 Å². The summed E-state index contributed by atoms with van der Waals surface area (Å²) in [5.74, 6) is -0.520. The smallest absolute Gasteiger partial charge is 0.268 e. The van der Waals surface area contributed by atoms with Crippen molar-refractivity contribution in [3.8, 4) is 5.75 Å². The highest BCUT2D eigenvalue weighted by atomic mass is 35.5. The van der Waals surface area contributed by atoms with E-state index >= 15 is 0 Å². The monoisotopic (exact) mass is 242 g/mol. The fourth-order valence-corrected chi connectivity index (χ4v) is 2.42. The van der Waals surface area contributed by atoms with Crippen molar-refractivity contribution in [3.05, 3.63) is 21.7 Å². The molecule has 0 bridgehead atoms. The van der Waals surface area contributed by atoms with Crippen LogP contribution in [0, 0.1) is 6.92 Å². The van der Waals surface area contributed by atoms with Crippen LogP contribution in [0.4, 0.5) is 0 Å². The van der Waals surface area contributed by atoms with Crippen molar-refractivity contribution in [2.75, 3.05) is 0 Å². The second-order valence-electron chi connectivity index (χ2n) is 3.04. The van der Waals surface area contributed by atoms with Crippen LogP contribution in [-0.4, -0.2) is 16.0 Å². The highest BCUT2D eigenvalue weighted by Crippen LogP contribution is 2.36. The summed E-state index contributed by atoms with van der Waals surface area (Å²) in [7, 11) is 0. The molecule has 1 amide bonds. The van der Waals surface area contributed by atoms with Crippen LogP contribution in [0.1, 0.15) is 15.4 Å². The number of pyridine rings is 1. The standard InChI is InChI=1S/C9H7ClN2O2S/c1-3-7(13)4-2-5(10)6(8(11)14)12-9(4)15-3/h2,13H,1H3,(H2,11,14). The molecule has 0 aromatic carbocycles. The van der Waals surface area contributed by atoms with E-state index in [0.717, 1.165) is 4.88 Å². The zero-order valence-corrected chi connectivity index (χ0v) is 9.32. The third kappa shape index (κ3) is 1.53. The van der Waals surface area contributed by atoms with E-state index in [1.165, 1.54) is 17.4 Å². The van der Waals surface area contributed by atoms with Crippen LogP contribution in [0.3, 0.4) is 0 Å². The second kappa shape index (κ2) is 3.36. The van der Waals surface area contributed by atoms with E-state index in [9.17, 15) is 9.90 Å². The lowest BCUT2D eigenvalue weighted by atomic mass is 10.2. The van der Waals surface area contributed by atoms with Crippen molar-refractivity contribution in [3.63, 3.8) is 0 Å². The molecule has 0 saturated heterocycles. The Morgan fingerprint density at radius 1 is 1.67 bits per heavy atom. The van der Waals surface area contributed by atoms with Crippen LogP contribution in [0.2, 0.25) is 5.02 Å². The van der Waals surface area contributed by atoms with E-state index in [1.54, 1.807) is 6.92 Å². The van der Waals surface area contributed by atoms with Gasteiger partial charge in [0.25, 0.3) is 5.91 Å². The zero-order chi connectivity index (χ0) is 11.2. The number of hydrogen-bond donors (Lipinski definition) is 2. The Morgan fingerprint density at radius 3 is 2.93 bits per heavy atom. The molecule has 0 aliphatic heterocycles. The van der Waals surface area contributed by atoms with E-state index in [-0.39, 0.29) is 16.5 Å². The maximum absolute atomic E-state index is 11.0. The van der Waals surface area contributed by atoms with Gasteiger partial charge in [0.1, 0.15) is 16.3 Å². The molecule has 15 heavy (non-hydrogen) atoms. The third-order valence-electron chi connectivity index (χ3n) is 2.01. The lowest BCUT2D eigenvalue weighted by molar-refractivity contribution is 0.0996. The van der Waals surface area contributed by atoms with Gasteiger partial charge in [0.15, 0.2) is 0 Å². The van der Waals surface area contributed by atoms with Gasteiger partial charge in [0, 0.05) is 4.88 Å². The van der Waals surface area contributed by atoms with Crippen molar-refractivity contribution in [1.29, 1.82) is 0 Å². The number of rotatable bonds is 1. The molecule has 0 atom stereocenters. The number of amides is 1. The van der Waals surface area contributed by atoms with E-state index in [1.807, 2.05) is 0 Å². The van der Waals surface area contributed by atoms with Crippen LogP contribution in [0.15, 0.2) is 6.07 Å². The number of nitrogens with zero attached hydrogens (tertiary/aromatic N) is 1. The average molecular weight is 243 g/mol. The summed E-state index contributed by atoms with van der Waals surface area (Å²) in [6, 6.07) is 1.50. The van der Waals surface area contributed by atoms with E-state index < -0.39 is 5.91 Å². The first kappa shape index (κ1) is 10.2. The number of thiophene rings is 1. The van der Waals surface area contributed by atoms with Gasteiger partial charge in [-0.15, -0.1) is 11.3 Å². The summed E-state index contributed by atoms with van der Waals surface area (Å²) in [6.45, 7) is 1.76. The molecule has 0 spiro atoms. The lowest BCUT2D eigenvalue weighted by Crippen LogP contribution is -2.13. The molecule has 6 heteroatoms. The maximum Gasteiger partial charge on any atom is 0.268 e. The molecule has 0 unspecified atom stereocenters. The maximum atomic E-state index is 11.0. The average Bonchev–Trinajstić information content (AvgIpc) is 2.43. The molecule has 0 aliphatic carbocycles. The summed E-state index contributed by atoms with van der Waals surface area (Å²) >= 11 is 7.10. The van der Waals surface area contributed by atoms with Crippen molar-refractivity contribution in [2.24, 2.45) is 5.73 Å². The van der Waals surface area contributed by atoms with Gasteiger partial charge in [-0.25, -0.2) is 4.98 Å². The van der Waals surface area contributed by atoms with E-state index in [0.29, 0.717) is 10.2 Å². The molecule has 2 aromatic rings. The molecule has 78 valence electrons. The molecule has 3 N–H and O–H groups in total. The molecule has 0 aliphatic rings. The SMILES string of the molecule is Cc1sc2nc(C(N)=O)c(Cl)cc2c1O. The minimum atomic E-state index is -0.674. The number of aryl methyl sites for hydroxylation is 1. The topological polar surface area (TPSA) is 76.2 Å². The summed E-state index contributed by atoms with van der Waals surface area (Å²) in [4.78, 5) is 16.3. The van der Waals surface area contributed by atoms with Gasteiger partial charge < -0.3 is 10.8 Å². The number of aromatic hydroxyl groups is 1. The van der Waals surface area contributed by atoms with Gasteiger partial charge in [0.05, 0.1) is 10.4 Å². The molecule has 0 fully saturated rings. The Kier molecular flexibility index (Phi) is 2.28. The van der Waals surface area contributed by atoms with Crippen molar-refractivity contribution in [1.82, 2.24) is 4.98 Å². The first-order valence-corrected chi connectivity index (χ1v) is 5.28. The molecule has 0 saturated carbocycles. The quantitative estimate of drug-likeness (QED) is 0.804. The zero-order valence-electron chi connectivity index (χ0n) is 7.74. The Balaban J connectivity index is 2.82. The molecule has 2 heterocycles. The summed E-state index contributed by atoms with van der Waals surface area (Å²) < 4.78 is 0. The van der Waals surface area contributed by atoms with Crippen LogP contribution in [0.25, 0.3) is 10.2 Å². The number of carbonyl (C=O) groups is 1. The molecule has 2 aromatic heterocycles. The van der Waals surface area contributed by atoms with Gasteiger partial charge in [0.2, 0.25) is 0 Å². The summed E-state index contributed by atoms with van der Waals surface area (Å²) in [6.07, 6.45) is 0. The van der Waals surface area contributed by atoms with E-state index in [2.05, 4.69) is 4.98 Å². The van der Waals surface area contributed by atoms with Gasteiger partial charge in [-0.3, -0.25) is 4.79 Å². The number of fused-ring (bicyclic) bond motifs is 1. The summed E-state index contributed by atoms with van der Waals surface area (Å²) in [5, 5.41) is 10.4. The fourth-order valence-electron chi connectivity index (χ4n) is 1.28.